The molecular weight excluding hydrogens is 486 g/mol. The third-order valence-electron chi connectivity index (χ3n) is 6.68. The van der Waals surface area contributed by atoms with Crippen LogP contribution in [0.25, 0.3) is 11.0 Å². The lowest BCUT2D eigenvalue weighted by Crippen LogP contribution is -2.48. The summed E-state index contributed by atoms with van der Waals surface area (Å²) in [5.41, 5.74) is 2.31. The molecule has 1 aromatic heterocycles. The first-order valence-electron chi connectivity index (χ1n) is 12.3. The van der Waals surface area contributed by atoms with Gasteiger partial charge in [-0.1, -0.05) is 12.1 Å². The summed E-state index contributed by atoms with van der Waals surface area (Å²) in [6.07, 6.45) is 0. The number of rotatable bonds is 7. The van der Waals surface area contributed by atoms with Gasteiger partial charge in [-0.2, -0.15) is 0 Å². The van der Waals surface area contributed by atoms with Gasteiger partial charge in [0, 0.05) is 42.8 Å². The Morgan fingerprint density at radius 2 is 1.53 bits per heavy atom. The zero-order valence-corrected chi connectivity index (χ0v) is 21.5. The fraction of sp³-hybridized carbons (Fsp3) is 0.241. The maximum Gasteiger partial charge on any atom is 0.291 e. The largest absolute Gasteiger partial charge is 0.497 e. The number of amides is 2. The monoisotopic (exact) mass is 515 g/mol. The quantitative estimate of drug-likeness (QED) is 0.382. The first kappa shape index (κ1) is 25.0. The number of benzene rings is 3. The van der Waals surface area contributed by atoms with Gasteiger partial charge in [0.25, 0.3) is 11.8 Å². The molecule has 0 aliphatic carbocycles. The van der Waals surface area contributed by atoms with Crippen molar-refractivity contribution < 1.29 is 28.2 Å². The van der Waals surface area contributed by atoms with E-state index in [1.807, 2.05) is 42.5 Å². The molecule has 1 aliphatic rings. The molecule has 5 rings (SSSR count). The highest BCUT2D eigenvalue weighted by Crippen LogP contribution is 2.34. The number of ether oxygens (including phenoxy) is 3. The van der Waals surface area contributed by atoms with E-state index in [4.69, 9.17) is 18.6 Å². The molecule has 0 spiro atoms. The molecule has 4 aromatic rings. The van der Waals surface area contributed by atoms with Crippen molar-refractivity contribution in [2.24, 2.45) is 0 Å². The summed E-state index contributed by atoms with van der Waals surface area (Å²) in [5, 5.41) is 3.56. The Bertz CT molecular complexity index is 1460. The van der Waals surface area contributed by atoms with Crippen LogP contribution in [-0.4, -0.2) is 64.2 Å². The predicted molar refractivity (Wildman–Crippen MR) is 145 cm³/mol. The second kappa shape index (κ2) is 10.8. The summed E-state index contributed by atoms with van der Waals surface area (Å²) in [7, 11) is 4.68. The summed E-state index contributed by atoms with van der Waals surface area (Å²) < 4.78 is 21.8. The summed E-state index contributed by atoms with van der Waals surface area (Å²) >= 11 is 0. The minimum absolute atomic E-state index is 0.109. The van der Waals surface area contributed by atoms with E-state index in [1.165, 1.54) is 14.2 Å². The molecule has 196 valence electrons. The third-order valence-corrected chi connectivity index (χ3v) is 6.68. The Labute approximate surface area is 220 Å². The number of nitrogens with one attached hydrogen (secondary N) is 1. The zero-order chi connectivity index (χ0) is 26.6. The number of methoxy groups -OCH3 is 3. The Kier molecular flexibility index (Phi) is 7.08. The van der Waals surface area contributed by atoms with Crippen LogP contribution in [0.3, 0.4) is 0 Å². The van der Waals surface area contributed by atoms with Gasteiger partial charge in [0.15, 0.2) is 11.5 Å². The highest BCUT2D eigenvalue weighted by molar-refractivity contribution is 6.14. The number of hydrogen-bond acceptors (Lipinski definition) is 7. The summed E-state index contributed by atoms with van der Waals surface area (Å²) in [6, 6.07) is 20.0. The zero-order valence-electron chi connectivity index (χ0n) is 21.5. The van der Waals surface area contributed by atoms with Gasteiger partial charge in [-0.15, -0.1) is 0 Å². The van der Waals surface area contributed by atoms with Crippen LogP contribution < -0.4 is 24.4 Å². The van der Waals surface area contributed by atoms with Crippen molar-refractivity contribution in [3.63, 3.8) is 0 Å². The molecule has 1 N–H and O–H groups in total. The number of carbonyl (C=O) groups is 2. The Morgan fingerprint density at radius 1 is 0.816 bits per heavy atom. The van der Waals surface area contributed by atoms with Crippen molar-refractivity contribution in [3.8, 4) is 17.2 Å². The minimum atomic E-state index is -0.393. The van der Waals surface area contributed by atoms with E-state index >= 15 is 0 Å². The van der Waals surface area contributed by atoms with Gasteiger partial charge >= 0.3 is 0 Å². The first-order chi connectivity index (χ1) is 18.5. The van der Waals surface area contributed by atoms with Crippen molar-refractivity contribution in [3.05, 3.63) is 78.1 Å². The average molecular weight is 516 g/mol. The number of furan rings is 1. The van der Waals surface area contributed by atoms with Gasteiger partial charge in [-0.05, 0) is 54.6 Å². The molecule has 2 amide bonds. The number of hydrogen-bond donors (Lipinski definition) is 1. The van der Waals surface area contributed by atoms with E-state index in [1.54, 1.807) is 36.3 Å². The topological polar surface area (TPSA) is 93.5 Å². The number of carbonyl (C=O) groups excluding carboxylic acids is 2. The van der Waals surface area contributed by atoms with E-state index < -0.39 is 5.91 Å². The van der Waals surface area contributed by atoms with Crippen LogP contribution in [0.4, 0.5) is 11.4 Å². The van der Waals surface area contributed by atoms with Crippen molar-refractivity contribution in [1.29, 1.82) is 0 Å². The molecule has 9 nitrogen and oxygen atoms in total. The summed E-state index contributed by atoms with van der Waals surface area (Å²) in [4.78, 5) is 30.8. The van der Waals surface area contributed by atoms with Crippen molar-refractivity contribution in [1.82, 2.24) is 4.90 Å². The normalized spacial score (nSPS) is 13.3. The maximum atomic E-state index is 13.6. The summed E-state index contributed by atoms with van der Waals surface area (Å²) in [5.74, 6) is 1.20. The molecule has 3 aromatic carbocycles. The second-order valence-electron chi connectivity index (χ2n) is 8.80. The lowest BCUT2D eigenvalue weighted by Gasteiger charge is -2.35. The molecule has 1 aliphatic heterocycles. The van der Waals surface area contributed by atoms with Gasteiger partial charge in [0.05, 0.1) is 21.3 Å². The number of nitrogens with zero attached hydrogens (tertiary/aromatic N) is 2. The van der Waals surface area contributed by atoms with Crippen molar-refractivity contribution in [2.75, 3.05) is 57.7 Å². The Hall–Kier alpha value is -4.66. The number of anilines is 2. The lowest BCUT2D eigenvalue weighted by atomic mass is 10.1. The average Bonchev–Trinajstić information content (AvgIpc) is 3.34. The summed E-state index contributed by atoms with van der Waals surface area (Å²) in [6.45, 7) is 2.38. The van der Waals surface area contributed by atoms with Crippen molar-refractivity contribution >= 4 is 34.2 Å². The lowest BCUT2D eigenvalue weighted by molar-refractivity contribution is 0.0718. The van der Waals surface area contributed by atoms with Crippen molar-refractivity contribution in [2.45, 2.75) is 0 Å². The van der Waals surface area contributed by atoms with Gasteiger partial charge < -0.3 is 33.7 Å². The van der Waals surface area contributed by atoms with Crippen LogP contribution in [0.2, 0.25) is 0 Å². The molecule has 38 heavy (non-hydrogen) atoms. The fourth-order valence-corrected chi connectivity index (χ4v) is 4.59. The number of piperazine rings is 1. The van der Waals surface area contributed by atoms with Crippen LogP contribution in [0.5, 0.6) is 17.2 Å². The van der Waals surface area contributed by atoms with Gasteiger partial charge in [-0.25, -0.2) is 0 Å². The molecule has 9 heteroatoms. The van der Waals surface area contributed by atoms with Gasteiger partial charge in [-0.3, -0.25) is 9.59 Å². The maximum absolute atomic E-state index is 13.6. The van der Waals surface area contributed by atoms with Crippen LogP contribution in [0.15, 0.2) is 71.1 Å². The van der Waals surface area contributed by atoms with Gasteiger partial charge in [0.1, 0.15) is 17.0 Å². The van der Waals surface area contributed by atoms with E-state index in [-0.39, 0.29) is 11.7 Å². The van der Waals surface area contributed by atoms with Crippen LogP contribution in [-0.2, 0) is 0 Å². The molecule has 2 heterocycles. The number of fused-ring (bicyclic) bond motifs is 1. The van der Waals surface area contributed by atoms with E-state index in [0.29, 0.717) is 59.9 Å². The molecule has 0 bridgehead atoms. The SMILES string of the molecule is COc1ccc(N2CCN(C(=O)c3oc4ccccc4c3NC(=O)c3ccc(OC)c(OC)c3)CC2)cc1. The first-order valence-corrected chi connectivity index (χ1v) is 12.3. The smallest absolute Gasteiger partial charge is 0.291 e. The minimum Gasteiger partial charge on any atom is -0.497 e. The Balaban J connectivity index is 1.37. The van der Waals surface area contributed by atoms with E-state index in [9.17, 15) is 9.59 Å². The van der Waals surface area contributed by atoms with Crippen LogP contribution >= 0.6 is 0 Å². The van der Waals surface area contributed by atoms with Crippen LogP contribution in [0.1, 0.15) is 20.9 Å². The van der Waals surface area contributed by atoms with E-state index in [2.05, 4.69) is 10.2 Å². The Morgan fingerprint density at radius 3 is 2.21 bits per heavy atom. The molecule has 1 saturated heterocycles. The fourth-order valence-electron chi connectivity index (χ4n) is 4.59. The molecule has 0 unspecified atom stereocenters. The van der Waals surface area contributed by atoms with Crippen LogP contribution in [0, 0.1) is 0 Å². The second-order valence-corrected chi connectivity index (χ2v) is 8.80. The standard InChI is InChI=1S/C29H29N3O6/c1-35-21-11-9-20(10-12-21)31-14-16-32(17-15-31)29(34)27-26(22-6-4-5-7-23(22)38-27)30-28(33)19-8-13-24(36-2)25(18-19)37-3/h4-13,18H,14-17H2,1-3H3,(H,30,33). The molecular formula is C29H29N3O6. The molecule has 0 saturated carbocycles. The van der Waals surface area contributed by atoms with Gasteiger partial charge in [0.2, 0.25) is 5.76 Å². The molecule has 0 atom stereocenters. The molecule has 0 radical (unpaired) electrons. The highest BCUT2D eigenvalue weighted by Gasteiger charge is 2.29. The predicted octanol–water partition coefficient (Wildman–Crippen LogP) is 4.67. The highest BCUT2D eigenvalue weighted by atomic mass is 16.5. The molecule has 1 fully saturated rings. The third kappa shape index (κ3) is 4.82. The number of para-hydroxylation sites is 1. The van der Waals surface area contributed by atoms with E-state index in [0.717, 1.165) is 11.4 Å².